The number of carbonyl (C=O) groups is 3. The van der Waals surface area contributed by atoms with Crippen molar-refractivity contribution in [3.05, 3.63) is 102 Å². The van der Waals surface area contributed by atoms with Crippen molar-refractivity contribution < 1.29 is 18.8 Å². The van der Waals surface area contributed by atoms with Crippen LogP contribution in [0.25, 0.3) is 10.8 Å². The number of amides is 3. The van der Waals surface area contributed by atoms with Gasteiger partial charge in [0.15, 0.2) is 0 Å². The largest absolute Gasteiger partial charge is 0.339 e. The van der Waals surface area contributed by atoms with Crippen LogP contribution in [0.2, 0.25) is 0 Å². The Balaban J connectivity index is 1.24. The average Bonchev–Trinajstić information content (AvgIpc) is 2.94. The highest BCUT2D eigenvalue weighted by Gasteiger charge is 2.29. The Morgan fingerprint density at radius 2 is 1.59 bits per heavy atom. The number of aromatic nitrogens is 1. The summed E-state index contributed by atoms with van der Waals surface area (Å²) in [4.78, 5) is 44.6. The minimum Gasteiger partial charge on any atom is -0.339 e. The number of benzene rings is 3. The number of rotatable bonds is 5. The molecule has 3 aromatic carbocycles. The standard InChI is InChI=1S/C29H25FN4O3/c30-21-11-12-24(32-28(36)25-10-3-4-15-31-25)26(18-21)33-27(35)20-13-16-34(17-14-20)29(37)23-9-5-7-19-6-1-2-8-22(19)23/h1-12,15,18,20H,13-14,16-17H2,(H,32,36)(H,33,35). The topological polar surface area (TPSA) is 91.4 Å². The van der Waals surface area contributed by atoms with Gasteiger partial charge in [-0.25, -0.2) is 4.39 Å². The fourth-order valence-electron chi connectivity index (χ4n) is 4.57. The summed E-state index contributed by atoms with van der Waals surface area (Å²) in [5.41, 5.74) is 1.29. The van der Waals surface area contributed by atoms with Gasteiger partial charge in [0.1, 0.15) is 11.5 Å². The molecule has 1 aliphatic heterocycles. The lowest BCUT2D eigenvalue weighted by atomic mass is 9.94. The van der Waals surface area contributed by atoms with Gasteiger partial charge >= 0.3 is 0 Å². The van der Waals surface area contributed by atoms with Crippen LogP contribution < -0.4 is 10.6 Å². The highest BCUT2D eigenvalue weighted by molar-refractivity contribution is 6.08. The Bertz CT molecular complexity index is 1460. The molecule has 0 atom stereocenters. The predicted octanol–water partition coefficient (Wildman–Crippen LogP) is 5.12. The van der Waals surface area contributed by atoms with Crippen molar-refractivity contribution in [1.29, 1.82) is 0 Å². The van der Waals surface area contributed by atoms with E-state index in [1.807, 2.05) is 42.5 Å². The van der Waals surface area contributed by atoms with Gasteiger partial charge in [0.25, 0.3) is 11.8 Å². The van der Waals surface area contributed by atoms with Crippen molar-refractivity contribution in [3.63, 3.8) is 0 Å². The normalized spacial score (nSPS) is 13.8. The molecule has 2 heterocycles. The number of carbonyl (C=O) groups excluding carboxylic acids is 3. The average molecular weight is 497 g/mol. The van der Waals surface area contributed by atoms with E-state index in [0.717, 1.165) is 10.8 Å². The smallest absolute Gasteiger partial charge is 0.274 e. The van der Waals surface area contributed by atoms with Crippen molar-refractivity contribution >= 4 is 39.9 Å². The van der Waals surface area contributed by atoms with Crippen molar-refractivity contribution in [2.45, 2.75) is 12.8 Å². The van der Waals surface area contributed by atoms with Gasteiger partial charge in [0.05, 0.1) is 11.4 Å². The van der Waals surface area contributed by atoms with Crippen molar-refractivity contribution in [2.24, 2.45) is 5.92 Å². The number of likely N-dealkylation sites (tertiary alicyclic amines) is 1. The summed E-state index contributed by atoms with van der Waals surface area (Å²) >= 11 is 0. The predicted molar refractivity (Wildman–Crippen MR) is 140 cm³/mol. The summed E-state index contributed by atoms with van der Waals surface area (Å²) in [5, 5.41) is 7.35. The summed E-state index contributed by atoms with van der Waals surface area (Å²) in [6.45, 7) is 0.874. The zero-order valence-corrected chi connectivity index (χ0v) is 20.0. The molecule has 1 aliphatic rings. The van der Waals surface area contributed by atoms with Crippen LogP contribution in [-0.4, -0.2) is 40.7 Å². The molecule has 8 heteroatoms. The first-order chi connectivity index (χ1) is 18.0. The van der Waals surface area contributed by atoms with Crippen LogP contribution in [0.3, 0.4) is 0 Å². The quantitative estimate of drug-likeness (QED) is 0.401. The first kappa shape index (κ1) is 24.1. The number of piperidine rings is 1. The number of hydrogen-bond acceptors (Lipinski definition) is 4. The molecule has 0 unspecified atom stereocenters. The maximum absolute atomic E-state index is 14.0. The summed E-state index contributed by atoms with van der Waals surface area (Å²) in [5.74, 6) is -1.69. The fourth-order valence-corrected chi connectivity index (χ4v) is 4.57. The Labute approximate surface area is 213 Å². The summed E-state index contributed by atoms with van der Waals surface area (Å²) in [6, 6.07) is 22.2. The number of halogens is 1. The molecular formula is C29H25FN4O3. The molecule has 0 bridgehead atoms. The van der Waals surface area contributed by atoms with Crippen molar-refractivity contribution in [1.82, 2.24) is 9.88 Å². The van der Waals surface area contributed by atoms with Gasteiger partial charge < -0.3 is 15.5 Å². The minimum atomic E-state index is -0.540. The lowest BCUT2D eigenvalue weighted by Crippen LogP contribution is -2.41. The maximum atomic E-state index is 14.0. The molecule has 1 fully saturated rings. The first-order valence-electron chi connectivity index (χ1n) is 12.1. The van der Waals surface area contributed by atoms with Crippen LogP contribution >= 0.6 is 0 Å². The van der Waals surface area contributed by atoms with E-state index >= 15 is 0 Å². The Morgan fingerprint density at radius 1 is 0.838 bits per heavy atom. The van der Waals surface area contributed by atoms with Gasteiger partial charge in [-0.1, -0.05) is 42.5 Å². The molecule has 0 spiro atoms. The Hall–Kier alpha value is -4.59. The molecule has 5 rings (SSSR count). The van der Waals surface area contributed by atoms with Crippen LogP contribution in [0.4, 0.5) is 15.8 Å². The molecular weight excluding hydrogens is 471 g/mol. The first-order valence-corrected chi connectivity index (χ1v) is 12.1. The Kier molecular flexibility index (Phi) is 6.89. The zero-order valence-electron chi connectivity index (χ0n) is 20.0. The van der Waals surface area contributed by atoms with Crippen LogP contribution in [0.1, 0.15) is 33.7 Å². The second-order valence-corrected chi connectivity index (χ2v) is 8.94. The number of hydrogen-bond donors (Lipinski definition) is 2. The van der Waals surface area contributed by atoms with Crippen LogP contribution in [-0.2, 0) is 4.79 Å². The SMILES string of the molecule is O=C(Nc1ccc(F)cc1NC(=O)C1CCN(C(=O)c2cccc3ccccc23)CC1)c1ccccn1. The number of pyridine rings is 1. The number of fused-ring (bicyclic) bond motifs is 1. The molecule has 2 N–H and O–H groups in total. The van der Waals surface area contributed by atoms with Crippen LogP contribution in [0, 0.1) is 11.7 Å². The van der Waals surface area contributed by atoms with E-state index < -0.39 is 11.7 Å². The summed E-state index contributed by atoms with van der Waals surface area (Å²) in [7, 11) is 0. The summed E-state index contributed by atoms with van der Waals surface area (Å²) < 4.78 is 14.0. The van der Waals surface area contributed by atoms with Crippen LogP contribution in [0.15, 0.2) is 85.1 Å². The third-order valence-electron chi connectivity index (χ3n) is 6.56. The Morgan fingerprint density at radius 3 is 2.38 bits per heavy atom. The van der Waals surface area contributed by atoms with E-state index in [-0.39, 0.29) is 34.8 Å². The van der Waals surface area contributed by atoms with E-state index in [1.165, 1.54) is 24.4 Å². The van der Waals surface area contributed by atoms with E-state index in [0.29, 0.717) is 31.5 Å². The molecule has 0 aliphatic carbocycles. The maximum Gasteiger partial charge on any atom is 0.274 e. The van der Waals surface area contributed by atoms with Gasteiger partial charge in [-0.3, -0.25) is 19.4 Å². The molecule has 186 valence electrons. The monoisotopic (exact) mass is 496 g/mol. The highest BCUT2D eigenvalue weighted by Crippen LogP contribution is 2.27. The fraction of sp³-hybridized carbons (Fsp3) is 0.172. The second-order valence-electron chi connectivity index (χ2n) is 8.94. The highest BCUT2D eigenvalue weighted by atomic mass is 19.1. The molecule has 0 saturated carbocycles. The molecule has 37 heavy (non-hydrogen) atoms. The van der Waals surface area contributed by atoms with Gasteiger partial charge in [-0.2, -0.15) is 0 Å². The van der Waals surface area contributed by atoms with Gasteiger partial charge in [0, 0.05) is 30.8 Å². The van der Waals surface area contributed by atoms with Gasteiger partial charge in [-0.15, -0.1) is 0 Å². The number of anilines is 2. The molecule has 3 amide bonds. The minimum absolute atomic E-state index is 0.0553. The van der Waals surface area contributed by atoms with E-state index in [1.54, 1.807) is 23.1 Å². The number of nitrogens with one attached hydrogen (secondary N) is 2. The van der Waals surface area contributed by atoms with Gasteiger partial charge in [0.2, 0.25) is 5.91 Å². The van der Waals surface area contributed by atoms with E-state index in [4.69, 9.17) is 0 Å². The van der Waals surface area contributed by atoms with Crippen molar-refractivity contribution in [2.75, 3.05) is 23.7 Å². The third kappa shape index (κ3) is 5.33. The number of nitrogens with zero attached hydrogens (tertiary/aromatic N) is 2. The van der Waals surface area contributed by atoms with Crippen molar-refractivity contribution in [3.8, 4) is 0 Å². The molecule has 1 aromatic heterocycles. The molecule has 1 saturated heterocycles. The summed E-state index contributed by atoms with van der Waals surface area (Å²) in [6.07, 6.45) is 2.46. The lowest BCUT2D eigenvalue weighted by molar-refractivity contribution is -0.121. The molecule has 7 nitrogen and oxygen atoms in total. The lowest BCUT2D eigenvalue weighted by Gasteiger charge is -2.31. The second kappa shape index (κ2) is 10.6. The zero-order chi connectivity index (χ0) is 25.8. The van der Waals surface area contributed by atoms with E-state index in [9.17, 15) is 18.8 Å². The van der Waals surface area contributed by atoms with Crippen LogP contribution in [0.5, 0.6) is 0 Å². The molecule has 0 radical (unpaired) electrons. The van der Waals surface area contributed by atoms with E-state index in [2.05, 4.69) is 15.6 Å². The van der Waals surface area contributed by atoms with Gasteiger partial charge in [-0.05, 0) is 60.0 Å². The molecule has 4 aromatic rings. The third-order valence-corrected chi connectivity index (χ3v) is 6.56.